The number of nitrogens with one attached hydrogen (secondary N) is 1. The maximum atomic E-state index is 12.6. The maximum Gasteiger partial charge on any atom is 0.292 e. The first kappa shape index (κ1) is 21.0. The highest BCUT2D eigenvalue weighted by Gasteiger charge is 2.22. The topological polar surface area (TPSA) is 146 Å². The van der Waals surface area contributed by atoms with E-state index in [1.54, 1.807) is 13.0 Å². The van der Waals surface area contributed by atoms with Gasteiger partial charge in [0, 0.05) is 10.6 Å². The lowest BCUT2D eigenvalue weighted by molar-refractivity contribution is 0.0946. The zero-order chi connectivity index (χ0) is 22.5. The molecule has 0 aliphatic heterocycles. The van der Waals surface area contributed by atoms with Crippen molar-refractivity contribution in [3.8, 4) is 11.6 Å². The molecule has 2 heterocycles. The molecule has 162 valence electrons. The second-order valence-electron chi connectivity index (χ2n) is 6.56. The van der Waals surface area contributed by atoms with Crippen molar-refractivity contribution >= 4 is 29.5 Å². The van der Waals surface area contributed by atoms with E-state index in [9.17, 15) is 4.79 Å². The Morgan fingerprint density at radius 1 is 1.28 bits per heavy atom. The third kappa shape index (κ3) is 4.57. The van der Waals surface area contributed by atoms with E-state index in [-0.39, 0.29) is 17.3 Å². The summed E-state index contributed by atoms with van der Waals surface area (Å²) in [5.74, 6) is 0.105. The number of rotatable bonds is 7. The molecular formula is C20H17ClN8O3. The average molecular weight is 453 g/mol. The lowest BCUT2D eigenvalue weighted by atomic mass is 10.2. The summed E-state index contributed by atoms with van der Waals surface area (Å²) in [5, 5.41) is 19.5. The van der Waals surface area contributed by atoms with Gasteiger partial charge in [0.15, 0.2) is 5.69 Å². The lowest BCUT2D eigenvalue weighted by Gasteiger charge is -2.08. The molecule has 2 aromatic heterocycles. The Morgan fingerprint density at radius 2 is 2.12 bits per heavy atom. The monoisotopic (exact) mass is 452 g/mol. The van der Waals surface area contributed by atoms with Gasteiger partial charge in [-0.05, 0) is 41.0 Å². The third-order valence-corrected chi connectivity index (χ3v) is 4.71. The van der Waals surface area contributed by atoms with Crippen molar-refractivity contribution in [1.29, 1.82) is 0 Å². The molecule has 0 aliphatic carbocycles. The van der Waals surface area contributed by atoms with Crippen LogP contribution in [0.4, 0.5) is 5.82 Å². The van der Waals surface area contributed by atoms with Crippen molar-refractivity contribution in [2.75, 3.05) is 5.73 Å². The van der Waals surface area contributed by atoms with Gasteiger partial charge in [0.2, 0.25) is 11.6 Å². The fourth-order valence-corrected chi connectivity index (χ4v) is 2.97. The number of hydrogen-bond acceptors (Lipinski definition) is 9. The van der Waals surface area contributed by atoms with Gasteiger partial charge >= 0.3 is 0 Å². The Labute approximate surface area is 186 Å². The number of aromatic nitrogens is 5. The SMILES string of the molecule is Cc1nnn(-c2nonc2N)c1C(=O)N/N=C/c1cccc(OCc2ccccc2Cl)c1. The van der Waals surface area contributed by atoms with E-state index in [1.165, 1.54) is 6.21 Å². The molecule has 0 fully saturated rings. The van der Waals surface area contributed by atoms with Gasteiger partial charge in [-0.3, -0.25) is 4.79 Å². The molecule has 11 nitrogen and oxygen atoms in total. The Hall–Kier alpha value is -4.25. The van der Waals surface area contributed by atoms with E-state index in [0.29, 0.717) is 23.1 Å². The van der Waals surface area contributed by atoms with Crippen molar-refractivity contribution in [2.24, 2.45) is 5.10 Å². The van der Waals surface area contributed by atoms with Gasteiger partial charge < -0.3 is 10.5 Å². The molecule has 0 spiro atoms. The van der Waals surface area contributed by atoms with Gasteiger partial charge in [0.25, 0.3) is 5.91 Å². The van der Waals surface area contributed by atoms with Crippen LogP contribution in [0.1, 0.15) is 27.3 Å². The standard InChI is InChI=1S/C20H17ClN8O3/c1-12-17(29(28-24-12)19-18(22)26-32-27-19)20(30)25-23-10-13-5-4-7-15(9-13)31-11-14-6-2-3-8-16(14)21/h2-10H,11H2,1H3,(H2,22,26)(H,25,30)/b23-10+. The first-order valence-corrected chi connectivity index (χ1v) is 9.71. The van der Waals surface area contributed by atoms with Crippen LogP contribution in [-0.4, -0.2) is 37.4 Å². The summed E-state index contributed by atoms with van der Waals surface area (Å²) in [7, 11) is 0. The average Bonchev–Trinajstić information content (AvgIpc) is 3.38. The highest BCUT2D eigenvalue weighted by molar-refractivity contribution is 6.31. The zero-order valence-electron chi connectivity index (χ0n) is 16.8. The molecular weight excluding hydrogens is 436 g/mol. The number of hydrogen-bond donors (Lipinski definition) is 2. The molecule has 0 unspecified atom stereocenters. The van der Waals surface area contributed by atoms with Crippen LogP contribution < -0.4 is 15.9 Å². The van der Waals surface area contributed by atoms with Crippen LogP contribution in [0, 0.1) is 6.92 Å². The zero-order valence-corrected chi connectivity index (χ0v) is 17.5. The number of carbonyl (C=O) groups excluding carboxylic acids is 1. The van der Waals surface area contributed by atoms with Gasteiger partial charge in [-0.1, -0.05) is 47.1 Å². The van der Waals surface area contributed by atoms with Crippen molar-refractivity contribution < 1.29 is 14.2 Å². The number of nitrogens with two attached hydrogens (primary N) is 1. The van der Waals surface area contributed by atoms with Crippen LogP contribution in [0.2, 0.25) is 5.02 Å². The summed E-state index contributed by atoms with van der Waals surface area (Å²) < 4.78 is 11.5. The predicted octanol–water partition coefficient (Wildman–Crippen LogP) is 2.54. The minimum absolute atomic E-state index is 0.0268. The largest absolute Gasteiger partial charge is 0.489 e. The van der Waals surface area contributed by atoms with E-state index in [0.717, 1.165) is 15.8 Å². The predicted molar refractivity (Wildman–Crippen MR) is 116 cm³/mol. The first-order chi connectivity index (χ1) is 15.5. The summed E-state index contributed by atoms with van der Waals surface area (Å²) >= 11 is 6.15. The summed E-state index contributed by atoms with van der Waals surface area (Å²) in [6.07, 6.45) is 1.48. The number of anilines is 1. The number of aryl methyl sites for hydroxylation is 1. The highest BCUT2D eigenvalue weighted by Crippen LogP contribution is 2.19. The van der Waals surface area contributed by atoms with E-state index in [4.69, 9.17) is 22.1 Å². The Morgan fingerprint density at radius 3 is 2.91 bits per heavy atom. The molecule has 0 radical (unpaired) electrons. The number of nitrogens with zero attached hydrogens (tertiary/aromatic N) is 6. The number of carbonyl (C=O) groups is 1. The van der Waals surface area contributed by atoms with Gasteiger partial charge in [-0.15, -0.1) is 5.10 Å². The van der Waals surface area contributed by atoms with Gasteiger partial charge in [-0.2, -0.15) is 9.78 Å². The van der Waals surface area contributed by atoms with Crippen molar-refractivity contribution in [3.05, 3.63) is 76.1 Å². The number of halogens is 1. The lowest BCUT2D eigenvalue weighted by Crippen LogP contribution is -2.22. The fraction of sp³-hybridized carbons (Fsp3) is 0.100. The Kier molecular flexibility index (Phi) is 6.08. The number of benzene rings is 2. The highest BCUT2D eigenvalue weighted by atomic mass is 35.5. The quantitative estimate of drug-likeness (QED) is 0.321. The van der Waals surface area contributed by atoms with Gasteiger partial charge in [-0.25, -0.2) is 10.1 Å². The van der Waals surface area contributed by atoms with Crippen LogP contribution in [0.5, 0.6) is 5.75 Å². The van der Waals surface area contributed by atoms with Crippen molar-refractivity contribution in [3.63, 3.8) is 0 Å². The molecule has 4 aromatic rings. The molecule has 0 saturated heterocycles. The first-order valence-electron chi connectivity index (χ1n) is 9.33. The molecule has 0 saturated carbocycles. The molecule has 32 heavy (non-hydrogen) atoms. The van der Waals surface area contributed by atoms with Crippen LogP contribution >= 0.6 is 11.6 Å². The Balaban J connectivity index is 1.42. The van der Waals surface area contributed by atoms with E-state index >= 15 is 0 Å². The number of nitrogen functional groups attached to an aromatic ring is 1. The summed E-state index contributed by atoms with van der Waals surface area (Å²) in [4.78, 5) is 12.6. The Bertz CT molecular complexity index is 1280. The van der Waals surface area contributed by atoms with Crippen LogP contribution in [-0.2, 0) is 6.61 Å². The van der Waals surface area contributed by atoms with E-state index in [1.807, 2.05) is 42.5 Å². The number of amides is 1. The van der Waals surface area contributed by atoms with Crippen LogP contribution in [0.3, 0.4) is 0 Å². The molecule has 3 N–H and O–H groups in total. The number of ether oxygens (including phenoxy) is 1. The molecule has 2 aromatic carbocycles. The molecule has 4 rings (SSSR count). The summed E-state index contributed by atoms with van der Waals surface area (Å²) in [6, 6.07) is 14.7. The van der Waals surface area contributed by atoms with Gasteiger partial charge in [0.1, 0.15) is 12.4 Å². The van der Waals surface area contributed by atoms with E-state index < -0.39 is 5.91 Å². The minimum Gasteiger partial charge on any atom is -0.489 e. The smallest absolute Gasteiger partial charge is 0.292 e. The molecule has 12 heteroatoms. The third-order valence-electron chi connectivity index (χ3n) is 4.34. The van der Waals surface area contributed by atoms with Gasteiger partial charge in [0.05, 0.1) is 11.9 Å². The van der Waals surface area contributed by atoms with E-state index in [2.05, 4.69) is 35.8 Å². The molecule has 0 aliphatic rings. The second kappa shape index (κ2) is 9.27. The van der Waals surface area contributed by atoms with Crippen molar-refractivity contribution in [2.45, 2.75) is 13.5 Å². The second-order valence-corrected chi connectivity index (χ2v) is 6.97. The molecule has 1 amide bonds. The fourth-order valence-electron chi connectivity index (χ4n) is 2.78. The normalized spacial score (nSPS) is 11.1. The summed E-state index contributed by atoms with van der Waals surface area (Å²) in [5.41, 5.74) is 10.2. The summed E-state index contributed by atoms with van der Waals surface area (Å²) in [6.45, 7) is 1.94. The minimum atomic E-state index is -0.558. The molecule has 0 atom stereocenters. The van der Waals surface area contributed by atoms with Crippen LogP contribution in [0.15, 0.2) is 58.3 Å². The number of hydrazone groups is 1. The van der Waals surface area contributed by atoms with Crippen LogP contribution in [0.25, 0.3) is 5.82 Å². The maximum absolute atomic E-state index is 12.6. The van der Waals surface area contributed by atoms with Crippen molar-refractivity contribution in [1.82, 2.24) is 30.7 Å². The molecule has 0 bridgehead atoms.